The highest BCUT2D eigenvalue weighted by molar-refractivity contribution is 7.78. The third-order valence-electron chi connectivity index (χ3n) is 2.12. The molecule has 1 aromatic carbocycles. The molecule has 0 unspecified atom stereocenters. The molecule has 0 N–H and O–H groups in total. The van der Waals surface area contributed by atoms with Crippen LogP contribution in [0.3, 0.4) is 0 Å². The molecule has 0 saturated carbocycles. The lowest BCUT2D eigenvalue weighted by Gasteiger charge is -1.97. The first-order valence-electron chi connectivity index (χ1n) is 5.22. The summed E-state index contributed by atoms with van der Waals surface area (Å²) in [6.45, 7) is 2.19. The monoisotopic (exact) mass is 217 g/mol. The van der Waals surface area contributed by atoms with Gasteiger partial charge in [-0.2, -0.15) is 4.99 Å². The molecule has 0 fully saturated rings. The molecule has 0 amide bonds. The SMILES string of the molecule is CCCC/C=C/c1ccccc1N=C=S. The maximum Gasteiger partial charge on any atom is 0.0811 e. The van der Waals surface area contributed by atoms with E-state index in [2.05, 4.69) is 41.4 Å². The number of para-hydroxylation sites is 1. The van der Waals surface area contributed by atoms with E-state index in [-0.39, 0.29) is 0 Å². The van der Waals surface area contributed by atoms with Gasteiger partial charge in [-0.15, -0.1) is 0 Å². The zero-order valence-electron chi connectivity index (χ0n) is 8.94. The van der Waals surface area contributed by atoms with E-state index in [4.69, 9.17) is 0 Å². The van der Waals surface area contributed by atoms with Crippen LogP contribution < -0.4 is 0 Å². The highest BCUT2D eigenvalue weighted by Crippen LogP contribution is 2.19. The van der Waals surface area contributed by atoms with Gasteiger partial charge < -0.3 is 0 Å². The minimum absolute atomic E-state index is 0.889. The van der Waals surface area contributed by atoms with Crippen molar-refractivity contribution in [3.63, 3.8) is 0 Å². The van der Waals surface area contributed by atoms with Crippen LogP contribution in [0.5, 0.6) is 0 Å². The van der Waals surface area contributed by atoms with E-state index in [9.17, 15) is 0 Å². The van der Waals surface area contributed by atoms with Crippen LogP contribution in [0.2, 0.25) is 0 Å². The highest BCUT2D eigenvalue weighted by atomic mass is 32.1. The van der Waals surface area contributed by atoms with Crippen LogP contribution in [0.1, 0.15) is 31.7 Å². The lowest BCUT2D eigenvalue weighted by atomic mass is 10.1. The summed E-state index contributed by atoms with van der Waals surface area (Å²) >= 11 is 4.61. The normalized spacial score (nSPS) is 10.2. The molecule has 1 nitrogen and oxygen atoms in total. The van der Waals surface area contributed by atoms with Crippen LogP contribution >= 0.6 is 12.2 Å². The zero-order valence-corrected chi connectivity index (χ0v) is 9.76. The molecule has 0 aromatic heterocycles. The highest BCUT2D eigenvalue weighted by Gasteiger charge is 1.94. The van der Waals surface area contributed by atoms with E-state index in [0.29, 0.717) is 0 Å². The standard InChI is InChI=1S/C13H15NS/c1-2-3-4-5-8-12-9-6-7-10-13(12)14-11-15/h5-10H,2-4H2,1H3/b8-5+. The second-order valence-electron chi connectivity index (χ2n) is 3.31. The van der Waals surface area contributed by atoms with Crippen molar-refractivity contribution in [1.82, 2.24) is 0 Å². The largest absolute Gasteiger partial charge is 0.194 e. The molecule has 15 heavy (non-hydrogen) atoms. The van der Waals surface area contributed by atoms with Crippen LogP contribution in [-0.2, 0) is 0 Å². The van der Waals surface area contributed by atoms with E-state index in [1.807, 2.05) is 24.3 Å². The Hall–Kier alpha value is -1.24. The molecular formula is C13H15NS. The van der Waals surface area contributed by atoms with Gasteiger partial charge in [0.1, 0.15) is 0 Å². The maximum absolute atomic E-state index is 4.61. The average molecular weight is 217 g/mol. The molecule has 0 saturated heterocycles. The van der Waals surface area contributed by atoms with E-state index in [0.717, 1.165) is 17.7 Å². The second-order valence-corrected chi connectivity index (χ2v) is 3.49. The third kappa shape index (κ3) is 4.20. The molecule has 1 rings (SSSR count). The second kappa shape index (κ2) is 7.10. The molecule has 0 aliphatic rings. The van der Waals surface area contributed by atoms with Gasteiger partial charge in [0.05, 0.1) is 10.8 Å². The Bertz CT molecular complexity index is 376. The van der Waals surface area contributed by atoms with Gasteiger partial charge in [0, 0.05) is 5.56 Å². The quantitative estimate of drug-likeness (QED) is 0.398. The maximum atomic E-state index is 4.61. The molecule has 0 aliphatic heterocycles. The lowest BCUT2D eigenvalue weighted by Crippen LogP contribution is -1.73. The van der Waals surface area contributed by atoms with Crippen molar-refractivity contribution >= 4 is 29.1 Å². The van der Waals surface area contributed by atoms with Gasteiger partial charge in [-0.05, 0) is 24.7 Å². The van der Waals surface area contributed by atoms with Crippen molar-refractivity contribution in [1.29, 1.82) is 0 Å². The first-order valence-corrected chi connectivity index (χ1v) is 5.62. The van der Waals surface area contributed by atoms with Gasteiger partial charge in [0.2, 0.25) is 0 Å². The van der Waals surface area contributed by atoms with Crippen LogP contribution in [0, 0.1) is 0 Å². The Kier molecular flexibility index (Phi) is 5.60. The van der Waals surface area contributed by atoms with Crippen LogP contribution in [0.25, 0.3) is 6.08 Å². The number of rotatable bonds is 5. The Morgan fingerprint density at radius 3 is 2.93 bits per heavy atom. The molecule has 0 heterocycles. The molecule has 0 atom stereocenters. The fourth-order valence-electron chi connectivity index (χ4n) is 1.31. The first kappa shape index (κ1) is 11.8. The Labute approximate surface area is 96.6 Å². The predicted molar refractivity (Wildman–Crippen MR) is 69.7 cm³/mol. The summed E-state index contributed by atoms with van der Waals surface area (Å²) in [5.74, 6) is 0. The summed E-state index contributed by atoms with van der Waals surface area (Å²) in [7, 11) is 0. The zero-order chi connectivity index (χ0) is 10.9. The Morgan fingerprint density at radius 2 is 2.20 bits per heavy atom. The molecule has 0 radical (unpaired) electrons. The van der Waals surface area contributed by atoms with Crippen LogP contribution in [0.4, 0.5) is 5.69 Å². The number of allylic oxidation sites excluding steroid dienone is 1. The van der Waals surface area contributed by atoms with E-state index in [1.54, 1.807) is 0 Å². The summed E-state index contributed by atoms with van der Waals surface area (Å²) in [5, 5.41) is 2.40. The fraction of sp³-hybridized carbons (Fsp3) is 0.308. The Balaban J connectivity index is 2.75. The molecule has 0 bridgehead atoms. The fourth-order valence-corrected chi connectivity index (χ4v) is 1.41. The number of hydrogen-bond donors (Lipinski definition) is 0. The molecule has 1 aromatic rings. The number of unbranched alkanes of at least 4 members (excludes halogenated alkanes) is 2. The van der Waals surface area contributed by atoms with Crippen molar-refractivity contribution < 1.29 is 0 Å². The van der Waals surface area contributed by atoms with Gasteiger partial charge in [-0.25, -0.2) is 0 Å². The van der Waals surface area contributed by atoms with Crippen molar-refractivity contribution in [2.24, 2.45) is 4.99 Å². The topological polar surface area (TPSA) is 12.4 Å². The molecule has 78 valence electrons. The number of hydrogen-bond acceptors (Lipinski definition) is 2. The molecule has 0 aliphatic carbocycles. The first-order chi connectivity index (χ1) is 7.38. The number of aliphatic imine (C=N–C) groups is 1. The lowest BCUT2D eigenvalue weighted by molar-refractivity contribution is 0.816. The van der Waals surface area contributed by atoms with Crippen molar-refractivity contribution in [3.8, 4) is 0 Å². The number of benzene rings is 1. The van der Waals surface area contributed by atoms with Gasteiger partial charge in [0.25, 0.3) is 0 Å². The van der Waals surface area contributed by atoms with E-state index >= 15 is 0 Å². The van der Waals surface area contributed by atoms with Crippen LogP contribution in [-0.4, -0.2) is 5.16 Å². The van der Waals surface area contributed by atoms with Gasteiger partial charge >= 0.3 is 0 Å². The summed E-state index contributed by atoms with van der Waals surface area (Å²) in [6.07, 6.45) is 7.85. The van der Waals surface area contributed by atoms with Crippen LogP contribution in [0.15, 0.2) is 35.3 Å². The smallest absolute Gasteiger partial charge is 0.0811 e. The van der Waals surface area contributed by atoms with Gasteiger partial charge in [0.15, 0.2) is 0 Å². The van der Waals surface area contributed by atoms with E-state index in [1.165, 1.54) is 12.8 Å². The predicted octanol–water partition coefficient (Wildman–Crippen LogP) is 4.62. The number of isothiocyanates is 1. The number of nitrogens with zero attached hydrogens (tertiary/aromatic N) is 1. The molecule has 0 spiro atoms. The summed E-state index contributed by atoms with van der Waals surface area (Å²) in [5.41, 5.74) is 1.99. The summed E-state index contributed by atoms with van der Waals surface area (Å²) in [4.78, 5) is 4.02. The molecular weight excluding hydrogens is 202 g/mol. The van der Waals surface area contributed by atoms with Crippen molar-refractivity contribution in [3.05, 3.63) is 35.9 Å². The van der Waals surface area contributed by atoms with Gasteiger partial charge in [-0.1, -0.05) is 50.1 Å². The van der Waals surface area contributed by atoms with Gasteiger partial charge in [-0.3, -0.25) is 0 Å². The minimum Gasteiger partial charge on any atom is -0.194 e. The number of thiocarbonyl (C=S) groups is 1. The third-order valence-corrected chi connectivity index (χ3v) is 2.22. The minimum atomic E-state index is 0.889. The summed E-state index contributed by atoms with van der Waals surface area (Å²) < 4.78 is 0. The van der Waals surface area contributed by atoms with E-state index < -0.39 is 0 Å². The van der Waals surface area contributed by atoms with Crippen molar-refractivity contribution in [2.45, 2.75) is 26.2 Å². The summed E-state index contributed by atoms with van der Waals surface area (Å²) in [6, 6.07) is 7.93. The average Bonchev–Trinajstić information content (AvgIpc) is 2.27. The molecule has 2 heteroatoms. The Morgan fingerprint density at radius 1 is 1.40 bits per heavy atom. The van der Waals surface area contributed by atoms with Crippen molar-refractivity contribution in [2.75, 3.05) is 0 Å².